The standard InChI is InChI=1S/C17H22NO3/c1-3-18(19)16-8-4-14(5-9-16)15-6-10-17(11-7-15)21-13-12-20-2/h4,6-11,14H,3,5,12-13H2,1-2H3/q-1. The maximum absolute atomic E-state index is 11.6. The van der Waals surface area contributed by atoms with Gasteiger partial charge >= 0.3 is 0 Å². The first kappa shape index (κ1) is 15.6. The number of ether oxygens (including phenoxy) is 2. The van der Waals surface area contributed by atoms with Crippen LogP contribution >= 0.6 is 0 Å². The van der Waals surface area contributed by atoms with Gasteiger partial charge in [0, 0.05) is 25.3 Å². The third-order valence-corrected chi connectivity index (χ3v) is 3.52. The van der Waals surface area contributed by atoms with Crippen LogP contribution in [-0.2, 0) is 4.74 Å². The van der Waals surface area contributed by atoms with Crippen LogP contribution in [0.25, 0.3) is 0 Å². The zero-order chi connectivity index (χ0) is 15.1. The molecule has 1 aromatic rings. The maximum atomic E-state index is 11.6. The van der Waals surface area contributed by atoms with Crippen molar-refractivity contribution < 1.29 is 9.47 Å². The molecular weight excluding hydrogens is 266 g/mol. The van der Waals surface area contributed by atoms with E-state index < -0.39 is 0 Å². The number of methoxy groups -OCH3 is 1. The Bertz CT molecular complexity index is 493. The zero-order valence-electron chi connectivity index (χ0n) is 12.6. The minimum absolute atomic E-state index is 0.326. The van der Waals surface area contributed by atoms with E-state index in [0.29, 0.717) is 25.7 Å². The summed E-state index contributed by atoms with van der Waals surface area (Å²) < 4.78 is 10.5. The Hall–Kier alpha value is -1.78. The first-order valence-corrected chi connectivity index (χ1v) is 7.29. The predicted octanol–water partition coefficient (Wildman–Crippen LogP) is 3.46. The average molecular weight is 288 g/mol. The monoisotopic (exact) mass is 288 g/mol. The van der Waals surface area contributed by atoms with Gasteiger partial charge in [-0.2, -0.15) is 0 Å². The lowest BCUT2D eigenvalue weighted by atomic mass is 9.91. The van der Waals surface area contributed by atoms with Crippen molar-refractivity contribution in [1.29, 1.82) is 0 Å². The Balaban J connectivity index is 1.92. The molecule has 0 spiro atoms. The van der Waals surface area contributed by atoms with Crippen LogP contribution in [0.1, 0.15) is 24.8 Å². The molecule has 1 aliphatic rings. The maximum Gasteiger partial charge on any atom is 0.119 e. The molecular formula is C17H22NO3-. The van der Waals surface area contributed by atoms with Crippen molar-refractivity contribution in [2.24, 2.45) is 0 Å². The van der Waals surface area contributed by atoms with Crippen LogP contribution < -0.4 is 4.74 Å². The van der Waals surface area contributed by atoms with Gasteiger partial charge in [0.05, 0.1) is 6.61 Å². The number of benzene rings is 1. The molecule has 4 nitrogen and oxygen atoms in total. The zero-order valence-corrected chi connectivity index (χ0v) is 12.6. The van der Waals surface area contributed by atoms with Crippen molar-refractivity contribution in [2.45, 2.75) is 19.3 Å². The van der Waals surface area contributed by atoms with Gasteiger partial charge < -0.3 is 19.7 Å². The first-order valence-electron chi connectivity index (χ1n) is 7.29. The normalized spacial score (nSPS) is 17.5. The van der Waals surface area contributed by atoms with Crippen LogP contribution in [-0.4, -0.2) is 31.9 Å². The molecule has 114 valence electrons. The summed E-state index contributed by atoms with van der Waals surface area (Å²) in [4.78, 5) is 0. The number of nitrogens with zero attached hydrogens (tertiary/aromatic N) is 1. The molecule has 0 aromatic heterocycles. The van der Waals surface area contributed by atoms with Gasteiger partial charge in [-0.3, -0.25) is 0 Å². The molecule has 1 unspecified atom stereocenters. The summed E-state index contributed by atoms with van der Waals surface area (Å²) >= 11 is 0. The molecule has 0 heterocycles. The fourth-order valence-corrected chi connectivity index (χ4v) is 2.28. The third kappa shape index (κ3) is 4.34. The fourth-order valence-electron chi connectivity index (χ4n) is 2.28. The summed E-state index contributed by atoms with van der Waals surface area (Å²) in [6.45, 7) is 3.48. The molecule has 0 fully saturated rings. The first-order chi connectivity index (χ1) is 10.2. The molecule has 1 aromatic carbocycles. The highest BCUT2D eigenvalue weighted by atomic mass is 16.5. The van der Waals surface area contributed by atoms with Crippen LogP contribution in [0.4, 0.5) is 0 Å². The topological polar surface area (TPSA) is 44.8 Å². The molecule has 0 radical (unpaired) electrons. The van der Waals surface area contributed by atoms with Gasteiger partial charge in [-0.25, -0.2) is 0 Å². The summed E-state index contributed by atoms with van der Waals surface area (Å²) in [6, 6.07) is 8.10. The van der Waals surface area contributed by atoms with Crippen molar-refractivity contribution in [1.82, 2.24) is 5.06 Å². The third-order valence-electron chi connectivity index (χ3n) is 3.52. The minimum atomic E-state index is 0.326. The van der Waals surface area contributed by atoms with Crippen LogP contribution in [0.2, 0.25) is 0 Å². The Morgan fingerprint density at radius 2 is 2.00 bits per heavy atom. The van der Waals surface area contributed by atoms with E-state index in [2.05, 4.69) is 18.2 Å². The Kier molecular flexibility index (Phi) is 5.84. The Labute approximate surface area is 126 Å². The van der Waals surface area contributed by atoms with Crippen molar-refractivity contribution >= 4 is 0 Å². The predicted molar refractivity (Wildman–Crippen MR) is 84.1 cm³/mol. The number of hydrogen-bond donors (Lipinski definition) is 0. The van der Waals surface area contributed by atoms with Crippen molar-refractivity contribution in [3.05, 3.63) is 59.0 Å². The molecule has 1 aliphatic carbocycles. The lowest BCUT2D eigenvalue weighted by Gasteiger charge is -2.32. The number of allylic oxidation sites excluding steroid dienone is 3. The van der Waals surface area contributed by atoms with Crippen molar-refractivity contribution in [3.8, 4) is 5.75 Å². The molecule has 0 saturated heterocycles. The molecule has 0 bridgehead atoms. The van der Waals surface area contributed by atoms with E-state index in [1.807, 2.05) is 31.2 Å². The van der Waals surface area contributed by atoms with E-state index in [1.54, 1.807) is 7.11 Å². The second kappa shape index (κ2) is 7.86. The Morgan fingerprint density at radius 1 is 1.24 bits per heavy atom. The van der Waals surface area contributed by atoms with Gasteiger partial charge in [-0.05, 0) is 37.1 Å². The van der Waals surface area contributed by atoms with Crippen molar-refractivity contribution in [3.63, 3.8) is 0 Å². The van der Waals surface area contributed by atoms with Gasteiger partial charge in [0.1, 0.15) is 12.4 Å². The molecule has 1 atom stereocenters. The highest BCUT2D eigenvalue weighted by Gasteiger charge is 2.11. The quantitative estimate of drug-likeness (QED) is 0.569. The SMILES string of the molecule is CCN([O-])C1=CCC(c2ccc(OCCOC)cc2)C=C1. The molecule has 21 heavy (non-hydrogen) atoms. The van der Waals surface area contributed by atoms with E-state index in [4.69, 9.17) is 9.47 Å². The summed E-state index contributed by atoms with van der Waals surface area (Å²) in [6.07, 6.45) is 6.86. The lowest BCUT2D eigenvalue weighted by molar-refractivity contribution is 0.146. The molecule has 0 amide bonds. The van der Waals surface area contributed by atoms with Crippen LogP contribution in [0.5, 0.6) is 5.75 Å². The molecule has 0 N–H and O–H groups in total. The number of hydrogen-bond acceptors (Lipinski definition) is 4. The van der Waals surface area contributed by atoms with Crippen LogP contribution in [0.15, 0.2) is 48.2 Å². The fraction of sp³-hybridized carbons (Fsp3) is 0.412. The number of likely N-dealkylation sites (N-methyl/N-ethyl adjacent to an activating group) is 1. The largest absolute Gasteiger partial charge is 0.758 e. The summed E-state index contributed by atoms with van der Waals surface area (Å²) in [7, 11) is 1.66. The van der Waals surface area contributed by atoms with E-state index in [1.165, 1.54) is 5.56 Å². The Morgan fingerprint density at radius 3 is 2.57 bits per heavy atom. The van der Waals surface area contributed by atoms with Gasteiger partial charge in [0.15, 0.2) is 0 Å². The average Bonchev–Trinajstić information content (AvgIpc) is 2.55. The molecule has 2 rings (SSSR count). The second-order valence-electron chi connectivity index (χ2n) is 4.94. The van der Waals surface area contributed by atoms with E-state index in [0.717, 1.165) is 22.9 Å². The molecule has 4 heteroatoms. The minimum Gasteiger partial charge on any atom is -0.758 e. The van der Waals surface area contributed by atoms with Gasteiger partial charge in [0.25, 0.3) is 0 Å². The number of rotatable bonds is 7. The van der Waals surface area contributed by atoms with Crippen LogP contribution in [0, 0.1) is 5.21 Å². The highest BCUT2D eigenvalue weighted by Crippen LogP contribution is 2.28. The second-order valence-corrected chi connectivity index (χ2v) is 4.94. The molecule has 0 saturated carbocycles. The summed E-state index contributed by atoms with van der Waals surface area (Å²) in [5.41, 5.74) is 1.99. The van der Waals surface area contributed by atoms with Crippen molar-refractivity contribution in [2.75, 3.05) is 26.9 Å². The van der Waals surface area contributed by atoms with Gasteiger partial charge in [0.2, 0.25) is 0 Å². The van der Waals surface area contributed by atoms with E-state index in [-0.39, 0.29) is 0 Å². The van der Waals surface area contributed by atoms with E-state index in [9.17, 15) is 5.21 Å². The van der Waals surface area contributed by atoms with Gasteiger partial charge in [-0.15, -0.1) is 0 Å². The smallest absolute Gasteiger partial charge is 0.119 e. The summed E-state index contributed by atoms with van der Waals surface area (Å²) in [5, 5.41) is 12.6. The highest BCUT2D eigenvalue weighted by molar-refractivity contribution is 5.35. The van der Waals surface area contributed by atoms with Gasteiger partial charge in [-0.1, -0.05) is 24.3 Å². The lowest BCUT2D eigenvalue weighted by Crippen LogP contribution is -2.15. The van der Waals surface area contributed by atoms with Crippen LogP contribution in [0.3, 0.4) is 0 Å². The number of hydroxylamine groups is 2. The van der Waals surface area contributed by atoms with E-state index >= 15 is 0 Å². The molecule has 0 aliphatic heterocycles. The summed E-state index contributed by atoms with van der Waals surface area (Å²) in [5.74, 6) is 1.18.